The number of carbonyl (C=O) groups excluding carboxylic acids is 3. The van der Waals surface area contributed by atoms with Crippen molar-refractivity contribution in [3.05, 3.63) is 24.2 Å². The van der Waals surface area contributed by atoms with Crippen LogP contribution in [-0.4, -0.2) is 67.3 Å². The average molecular weight is 455 g/mol. The van der Waals surface area contributed by atoms with Gasteiger partial charge < -0.3 is 19.4 Å². The smallest absolute Gasteiger partial charge is 0.329 e. The molecular formula is C21H30N2O7S. The summed E-state index contributed by atoms with van der Waals surface area (Å²) in [5, 5.41) is 2.58. The van der Waals surface area contributed by atoms with Gasteiger partial charge in [0.15, 0.2) is 22.2 Å². The largest absolute Gasteiger partial charge is 0.459 e. The van der Waals surface area contributed by atoms with Gasteiger partial charge in [-0.15, -0.1) is 0 Å². The predicted octanol–water partition coefficient (Wildman–Crippen LogP) is 1.54. The van der Waals surface area contributed by atoms with Gasteiger partial charge in [0.05, 0.1) is 17.8 Å². The first-order chi connectivity index (χ1) is 14.7. The van der Waals surface area contributed by atoms with Crippen LogP contribution in [0.2, 0.25) is 0 Å². The third-order valence-electron chi connectivity index (χ3n) is 5.90. The molecule has 0 aromatic carbocycles. The van der Waals surface area contributed by atoms with Gasteiger partial charge in [0.2, 0.25) is 0 Å². The van der Waals surface area contributed by atoms with E-state index in [9.17, 15) is 22.8 Å². The van der Waals surface area contributed by atoms with Gasteiger partial charge in [0.25, 0.3) is 11.8 Å². The summed E-state index contributed by atoms with van der Waals surface area (Å²) in [5.74, 6) is -1.82. The first-order valence-corrected chi connectivity index (χ1v) is 12.5. The van der Waals surface area contributed by atoms with Crippen LogP contribution in [0.15, 0.2) is 22.8 Å². The van der Waals surface area contributed by atoms with Gasteiger partial charge in [-0.2, -0.15) is 0 Å². The molecule has 0 bridgehead atoms. The molecule has 9 nitrogen and oxygen atoms in total. The molecule has 2 unspecified atom stereocenters. The van der Waals surface area contributed by atoms with E-state index in [4.69, 9.17) is 9.15 Å². The van der Waals surface area contributed by atoms with Crippen LogP contribution < -0.4 is 5.32 Å². The van der Waals surface area contributed by atoms with Gasteiger partial charge in [-0.25, -0.2) is 13.2 Å². The number of amides is 2. The maximum atomic E-state index is 13.0. The molecule has 172 valence electrons. The van der Waals surface area contributed by atoms with E-state index in [0.717, 1.165) is 25.7 Å². The Hall–Kier alpha value is -2.36. The van der Waals surface area contributed by atoms with Crippen LogP contribution in [0.4, 0.5) is 0 Å². The van der Waals surface area contributed by atoms with Gasteiger partial charge in [-0.3, -0.25) is 9.59 Å². The van der Waals surface area contributed by atoms with Crippen molar-refractivity contribution in [3.63, 3.8) is 0 Å². The Morgan fingerprint density at radius 2 is 1.90 bits per heavy atom. The molecule has 1 N–H and O–H groups in total. The molecule has 2 atom stereocenters. The third-order valence-corrected chi connectivity index (χ3v) is 7.65. The van der Waals surface area contributed by atoms with Crippen molar-refractivity contribution in [1.82, 2.24) is 10.2 Å². The molecule has 1 saturated heterocycles. The second-order valence-corrected chi connectivity index (χ2v) is 10.8. The Morgan fingerprint density at radius 3 is 2.45 bits per heavy atom. The lowest BCUT2D eigenvalue weighted by molar-refractivity contribution is -0.156. The summed E-state index contributed by atoms with van der Waals surface area (Å²) in [7, 11) is -3.15. The molecule has 2 aliphatic rings. The molecule has 2 amide bonds. The highest BCUT2D eigenvalue weighted by Crippen LogP contribution is 2.29. The Labute approximate surface area is 182 Å². The van der Waals surface area contributed by atoms with Crippen molar-refractivity contribution in [3.8, 4) is 0 Å². The molecule has 1 aliphatic heterocycles. The number of carbonyl (C=O) groups is 3. The summed E-state index contributed by atoms with van der Waals surface area (Å²) in [6.45, 7) is 3.03. The minimum absolute atomic E-state index is 0.0240. The van der Waals surface area contributed by atoms with E-state index in [-0.39, 0.29) is 41.2 Å². The number of nitrogens with one attached hydrogen (secondary N) is 1. The van der Waals surface area contributed by atoms with Gasteiger partial charge in [0, 0.05) is 12.1 Å². The fraction of sp³-hybridized carbons (Fsp3) is 0.667. The van der Waals surface area contributed by atoms with E-state index in [1.54, 1.807) is 24.8 Å². The Bertz CT molecular complexity index is 889. The van der Waals surface area contributed by atoms with Crippen molar-refractivity contribution >= 4 is 27.6 Å². The van der Waals surface area contributed by atoms with E-state index >= 15 is 0 Å². The number of furan rings is 1. The average Bonchev–Trinajstić information content (AvgIpc) is 3.46. The van der Waals surface area contributed by atoms with Crippen LogP contribution in [0.5, 0.6) is 0 Å². The van der Waals surface area contributed by atoms with Crippen molar-refractivity contribution in [2.45, 2.75) is 64.1 Å². The molecular weight excluding hydrogens is 424 g/mol. The zero-order valence-corrected chi connectivity index (χ0v) is 18.7. The fourth-order valence-corrected chi connectivity index (χ4v) is 6.01. The number of ether oxygens (including phenoxy) is 1. The minimum atomic E-state index is -3.15. The summed E-state index contributed by atoms with van der Waals surface area (Å²) in [5.41, 5.74) is 0. The summed E-state index contributed by atoms with van der Waals surface area (Å²) >= 11 is 0. The molecule has 3 rings (SSSR count). The molecule has 2 heterocycles. The second kappa shape index (κ2) is 9.84. The molecule has 1 saturated carbocycles. The van der Waals surface area contributed by atoms with Crippen molar-refractivity contribution < 1.29 is 32.0 Å². The van der Waals surface area contributed by atoms with Gasteiger partial charge in [-0.1, -0.05) is 26.7 Å². The lowest BCUT2D eigenvalue weighted by Gasteiger charge is -2.34. The summed E-state index contributed by atoms with van der Waals surface area (Å²) in [6, 6.07) is 1.70. The number of nitrogens with zero attached hydrogens (tertiary/aromatic N) is 1. The van der Waals surface area contributed by atoms with Crippen LogP contribution in [0.1, 0.15) is 56.5 Å². The molecule has 0 spiro atoms. The van der Waals surface area contributed by atoms with Crippen LogP contribution in [0.3, 0.4) is 0 Å². The Balaban J connectivity index is 1.62. The Morgan fingerprint density at radius 1 is 1.19 bits per heavy atom. The third kappa shape index (κ3) is 5.87. The highest BCUT2D eigenvalue weighted by Gasteiger charge is 2.39. The maximum absolute atomic E-state index is 13.0. The molecule has 0 radical (unpaired) electrons. The SMILES string of the molecule is CC(C)C(NC(=O)c1ccco1)C(=O)OCC(=O)N(C1CCCC1)C1CCS(=O)(=O)C1. The highest BCUT2D eigenvalue weighted by molar-refractivity contribution is 7.91. The van der Waals surface area contributed by atoms with E-state index in [2.05, 4.69) is 5.32 Å². The van der Waals surface area contributed by atoms with Crippen LogP contribution in [0, 0.1) is 5.92 Å². The summed E-state index contributed by atoms with van der Waals surface area (Å²) in [4.78, 5) is 39.5. The van der Waals surface area contributed by atoms with Crippen molar-refractivity contribution in [1.29, 1.82) is 0 Å². The molecule has 1 aromatic heterocycles. The number of hydrogen-bond donors (Lipinski definition) is 1. The standard InChI is InChI=1S/C21H30N2O7S/c1-14(2)19(22-20(25)17-8-5-10-29-17)21(26)30-12-18(24)23(15-6-3-4-7-15)16-9-11-31(27,28)13-16/h5,8,10,14-16,19H,3-4,6-7,9,11-13H2,1-2H3,(H,22,25). The van der Waals surface area contributed by atoms with E-state index in [1.807, 2.05) is 0 Å². The Kier molecular flexibility index (Phi) is 7.40. The van der Waals surface area contributed by atoms with E-state index < -0.39 is 34.4 Å². The monoisotopic (exact) mass is 454 g/mol. The van der Waals surface area contributed by atoms with E-state index in [1.165, 1.54) is 12.3 Å². The zero-order valence-electron chi connectivity index (χ0n) is 17.9. The van der Waals surface area contributed by atoms with Gasteiger partial charge in [-0.05, 0) is 37.3 Å². The molecule has 2 fully saturated rings. The lowest BCUT2D eigenvalue weighted by Crippen LogP contribution is -2.50. The highest BCUT2D eigenvalue weighted by atomic mass is 32.2. The van der Waals surface area contributed by atoms with Crippen LogP contribution in [0.25, 0.3) is 0 Å². The fourth-order valence-electron chi connectivity index (χ4n) is 4.30. The number of rotatable bonds is 8. The molecule has 10 heteroatoms. The normalized spacial score (nSPS) is 21.7. The second-order valence-electron chi connectivity index (χ2n) is 8.58. The quantitative estimate of drug-likeness (QED) is 0.591. The lowest BCUT2D eigenvalue weighted by atomic mass is 10.0. The zero-order chi connectivity index (χ0) is 22.6. The molecule has 31 heavy (non-hydrogen) atoms. The van der Waals surface area contributed by atoms with Crippen molar-refractivity contribution in [2.75, 3.05) is 18.1 Å². The first-order valence-electron chi connectivity index (χ1n) is 10.7. The maximum Gasteiger partial charge on any atom is 0.329 e. The minimum Gasteiger partial charge on any atom is -0.459 e. The van der Waals surface area contributed by atoms with Gasteiger partial charge in [0.1, 0.15) is 6.04 Å². The number of esters is 1. The number of hydrogen-bond acceptors (Lipinski definition) is 7. The number of sulfone groups is 1. The van der Waals surface area contributed by atoms with Gasteiger partial charge >= 0.3 is 5.97 Å². The molecule has 1 aliphatic carbocycles. The van der Waals surface area contributed by atoms with Crippen LogP contribution >= 0.6 is 0 Å². The predicted molar refractivity (Wildman–Crippen MR) is 112 cm³/mol. The first kappa shape index (κ1) is 23.3. The topological polar surface area (TPSA) is 123 Å². The van der Waals surface area contributed by atoms with Crippen molar-refractivity contribution in [2.24, 2.45) is 5.92 Å². The molecule has 1 aromatic rings. The van der Waals surface area contributed by atoms with Crippen LogP contribution in [-0.2, 0) is 24.2 Å². The summed E-state index contributed by atoms with van der Waals surface area (Å²) in [6.07, 6.45) is 5.39. The van der Waals surface area contributed by atoms with E-state index in [0.29, 0.717) is 6.42 Å². The summed E-state index contributed by atoms with van der Waals surface area (Å²) < 4.78 is 34.2.